The van der Waals surface area contributed by atoms with E-state index in [9.17, 15) is 9.18 Å². The van der Waals surface area contributed by atoms with E-state index in [1.54, 1.807) is 13.0 Å². The molecule has 17 heavy (non-hydrogen) atoms. The molecule has 0 bridgehead atoms. The van der Waals surface area contributed by atoms with Gasteiger partial charge in [-0.2, -0.15) is 0 Å². The second-order valence-electron chi connectivity index (χ2n) is 4.45. The van der Waals surface area contributed by atoms with Crippen molar-refractivity contribution in [3.63, 3.8) is 0 Å². The number of aryl methyl sites for hydroxylation is 1. The molecule has 1 aromatic rings. The lowest BCUT2D eigenvalue weighted by molar-refractivity contribution is -0.122. The molecule has 4 heteroatoms. The summed E-state index contributed by atoms with van der Waals surface area (Å²) in [6, 6.07) is 4.95. The first-order valence-corrected chi connectivity index (χ1v) is 5.93. The lowest BCUT2D eigenvalue weighted by atomic mass is 10.1. The van der Waals surface area contributed by atoms with Gasteiger partial charge in [-0.3, -0.25) is 4.79 Å². The van der Waals surface area contributed by atoms with Gasteiger partial charge in [0, 0.05) is 6.54 Å². The van der Waals surface area contributed by atoms with E-state index in [0.29, 0.717) is 12.1 Å². The van der Waals surface area contributed by atoms with E-state index in [2.05, 4.69) is 10.6 Å². The van der Waals surface area contributed by atoms with Gasteiger partial charge in [-0.1, -0.05) is 12.1 Å². The summed E-state index contributed by atoms with van der Waals surface area (Å²) in [5, 5.41) is 5.95. The highest BCUT2D eigenvalue weighted by Gasteiger charge is 2.21. The Bertz CT molecular complexity index is 414. The zero-order valence-corrected chi connectivity index (χ0v) is 9.92. The van der Waals surface area contributed by atoms with Gasteiger partial charge in [-0.05, 0) is 43.5 Å². The van der Waals surface area contributed by atoms with Gasteiger partial charge in [-0.25, -0.2) is 4.39 Å². The summed E-state index contributed by atoms with van der Waals surface area (Å²) in [5.74, 6) is -0.223. The zero-order valence-electron chi connectivity index (χ0n) is 9.92. The molecule has 2 N–H and O–H groups in total. The summed E-state index contributed by atoms with van der Waals surface area (Å²) in [4.78, 5) is 11.7. The van der Waals surface area contributed by atoms with E-state index in [1.165, 1.54) is 6.07 Å². The second-order valence-corrected chi connectivity index (χ2v) is 4.45. The number of benzene rings is 1. The molecule has 1 aliphatic rings. The normalized spacial score (nSPS) is 19.3. The van der Waals surface area contributed by atoms with Crippen LogP contribution >= 0.6 is 0 Å². The first kappa shape index (κ1) is 12.0. The number of carbonyl (C=O) groups is 1. The molecule has 3 nitrogen and oxygen atoms in total. The summed E-state index contributed by atoms with van der Waals surface area (Å²) < 4.78 is 13.3. The van der Waals surface area contributed by atoms with Crippen LogP contribution < -0.4 is 10.6 Å². The van der Waals surface area contributed by atoms with Gasteiger partial charge in [0.25, 0.3) is 0 Å². The van der Waals surface area contributed by atoms with Crippen LogP contribution in [0.2, 0.25) is 0 Å². The molecule has 0 radical (unpaired) electrons. The summed E-state index contributed by atoms with van der Waals surface area (Å²) in [7, 11) is 0. The largest absolute Gasteiger partial charge is 0.351 e. The van der Waals surface area contributed by atoms with Crippen molar-refractivity contribution in [1.29, 1.82) is 0 Å². The monoisotopic (exact) mass is 236 g/mol. The Morgan fingerprint density at radius 3 is 3.06 bits per heavy atom. The van der Waals surface area contributed by atoms with Crippen LogP contribution in [-0.4, -0.2) is 18.5 Å². The lowest BCUT2D eigenvalue weighted by Gasteiger charge is -2.11. The van der Waals surface area contributed by atoms with E-state index in [1.807, 2.05) is 6.07 Å². The summed E-state index contributed by atoms with van der Waals surface area (Å²) in [6.45, 7) is 3.01. The average Bonchev–Trinajstić information content (AvgIpc) is 2.84. The Kier molecular flexibility index (Phi) is 3.74. The maximum Gasteiger partial charge on any atom is 0.237 e. The molecule has 1 fully saturated rings. The van der Waals surface area contributed by atoms with Crippen LogP contribution in [0.5, 0.6) is 0 Å². The minimum atomic E-state index is -0.226. The predicted molar refractivity (Wildman–Crippen MR) is 64.0 cm³/mol. The number of hydrogen-bond acceptors (Lipinski definition) is 2. The number of carbonyl (C=O) groups excluding carboxylic acids is 1. The molecule has 1 aromatic carbocycles. The number of hydrogen-bond donors (Lipinski definition) is 2. The van der Waals surface area contributed by atoms with Gasteiger partial charge >= 0.3 is 0 Å². The molecule has 1 heterocycles. The standard InChI is InChI=1S/C13H17FN2O/c1-9-4-5-10(7-11(9)14)8-16-13(17)12-3-2-6-15-12/h4-5,7,12,15H,2-3,6,8H2,1H3,(H,16,17)/t12-/m0/s1. The van der Waals surface area contributed by atoms with E-state index < -0.39 is 0 Å². The van der Waals surface area contributed by atoms with Crippen LogP contribution in [0.1, 0.15) is 24.0 Å². The fraction of sp³-hybridized carbons (Fsp3) is 0.462. The molecule has 2 rings (SSSR count). The molecule has 1 saturated heterocycles. The molecule has 0 unspecified atom stereocenters. The maximum atomic E-state index is 13.3. The molecule has 0 saturated carbocycles. The fourth-order valence-corrected chi connectivity index (χ4v) is 1.97. The van der Waals surface area contributed by atoms with Crippen molar-refractivity contribution in [2.24, 2.45) is 0 Å². The van der Waals surface area contributed by atoms with Crippen LogP contribution in [0.25, 0.3) is 0 Å². The first-order chi connectivity index (χ1) is 8.16. The van der Waals surface area contributed by atoms with Crippen molar-refractivity contribution >= 4 is 5.91 Å². The molecule has 1 aliphatic heterocycles. The highest BCUT2D eigenvalue weighted by atomic mass is 19.1. The zero-order chi connectivity index (χ0) is 12.3. The molecule has 0 aliphatic carbocycles. The van der Waals surface area contributed by atoms with Crippen molar-refractivity contribution in [1.82, 2.24) is 10.6 Å². The Morgan fingerprint density at radius 1 is 1.59 bits per heavy atom. The van der Waals surface area contributed by atoms with E-state index in [-0.39, 0.29) is 17.8 Å². The highest BCUT2D eigenvalue weighted by Crippen LogP contribution is 2.09. The quantitative estimate of drug-likeness (QED) is 0.835. The highest BCUT2D eigenvalue weighted by molar-refractivity contribution is 5.81. The van der Waals surface area contributed by atoms with Crippen molar-refractivity contribution in [3.05, 3.63) is 35.1 Å². The van der Waals surface area contributed by atoms with Gasteiger partial charge in [0.15, 0.2) is 0 Å². The van der Waals surface area contributed by atoms with Crippen LogP contribution in [0, 0.1) is 12.7 Å². The van der Waals surface area contributed by atoms with Crippen LogP contribution in [0.15, 0.2) is 18.2 Å². The van der Waals surface area contributed by atoms with Gasteiger partial charge < -0.3 is 10.6 Å². The first-order valence-electron chi connectivity index (χ1n) is 5.93. The summed E-state index contributed by atoms with van der Waals surface area (Å²) in [5.41, 5.74) is 1.41. The number of amides is 1. The van der Waals surface area contributed by atoms with Gasteiger partial charge in [0.05, 0.1) is 6.04 Å². The molecule has 1 atom stereocenters. The minimum absolute atomic E-state index is 0.00323. The topological polar surface area (TPSA) is 41.1 Å². The second kappa shape index (κ2) is 5.27. The minimum Gasteiger partial charge on any atom is -0.351 e. The average molecular weight is 236 g/mol. The third-order valence-electron chi connectivity index (χ3n) is 3.08. The van der Waals surface area contributed by atoms with Crippen LogP contribution in [0.4, 0.5) is 4.39 Å². The van der Waals surface area contributed by atoms with Crippen molar-refractivity contribution in [2.75, 3.05) is 6.54 Å². The van der Waals surface area contributed by atoms with E-state index >= 15 is 0 Å². The Labute approximate surface area is 100 Å². The fourth-order valence-electron chi connectivity index (χ4n) is 1.97. The molecular weight excluding hydrogens is 219 g/mol. The lowest BCUT2D eigenvalue weighted by Crippen LogP contribution is -2.40. The molecule has 0 aromatic heterocycles. The van der Waals surface area contributed by atoms with Crippen molar-refractivity contribution in [3.8, 4) is 0 Å². The van der Waals surface area contributed by atoms with E-state index in [0.717, 1.165) is 24.9 Å². The van der Waals surface area contributed by atoms with E-state index in [4.69, 9.17) is 0 Å². The smallest absolute Gasteiger partial charge is 0.237 e. The summed E-state index contributed by atoms with van der Waals surface area (Å²) >= 11 is 0. The third kappa shape index (κ3) is 3.03. The third-order valence-corrected chi connectivity index (χ3v) is 3.08. The maximum absolute atomic E-state index is 13.3. The number of halogens is 1. The van der Waals surface area contributed by atoms with Gasteiger partial charge in [-0.15, -0.1) is 0 Å². The van der Waals surface area contributed by atoms with Crippen LogP contribution in [-0.2, 0) is 11.3 Å². The molecule has 1 amide bonds. The summed E-state index contributed by atoms with van der Waals surface area (Å²) in [6.07, 6.45) is 1.92. The Hall–Kier alpha value is -1.42. The molecular formula is C13H17FN2O. The Morgan fingerprint density at radius 2 is 2.41 bits per heavy atom. The Balaban J connectivity index is 1.88. The number of rotatable bonds is 3. The number of nitrogens with one attached hydrogen (secondary N) is 2. The van der Waals surface area contributed by atoms with Crippen molar-refractivity contribution < 1.29 is 9.18 Å². The molecule has 0 spiro atoms. The van der Waals surface area contributed by atoms with Crippen molar-refractivity contribution in [2.45, 2.75) is 32.4 Å². The van der Waals surface area contributed by atoms with Gasteiger partial charge in [0.1, 0.15) is 5.82 Å². The van der Waals surface area contributed by atoms with Crippen LogP contribution in [0.3, 0.4) is 0 Å². The molecule has 92 valence electrons. The van der Waals surface area contributed by atoms with Gasteiger partial charge in [0.2, 0.25) is 5.91 Å². The SMILES string of the molecule is Cc1ccc(CNC(=O)[C@@H]2CCCN2)cc1F. The predicted octanol–water partition coefficient (Wildman–Crippen LogP) is 1.50.